The van der Waals surface area contributed by atoms with Crippen molar-refractivity contribution in [3.05, 3.63) is 93.7 Å². The highest BCUT2D eigenvalue weighted by atomic mass is 32.1. The van der Waals surface area contributed by atoms with Gasteiger partial charge in [-0.2, -0.15) is 0 Å². The monoisotopic (exact) mass is 455 g/mol. The Labute approximate surface area is 191 Å². The molecule has 0 radical (unpaired) electrons. The molecule has 0 bridgehead atoms. The van der Waals surface area contributed by atoms with Gasteiger partial charge in [-0.3, -0.25) is 14.6 Å². The lowest BCUT2D eigenvalue weighted by Gasteiger charge is -2.41. The molecule has 4 nitrogen and oxygen atoms in total. The molecular weight excluding hydrogens is 428 g/mol. The van der Waals surface area contributed by atoms with Gasteiger partial charge < -0.3 is 5.32 Å². The number of benzene rings is 2. The van der Waals surface area contributed by atoms with Crippen LogP contribution in [0.5, 0.6) is 0 Å². The Morgan fingerprint density at radius 2 is 1.66 bits per heavy atom. The van der Waals surface area contributed by atoms with E-state index in [0.717, 1.165) is 49.7 Å². The number of halogens is 2. The van der Waals surface area contributed by atoms with Crippen molar-refractivity contribution < 1.29 is 13.6 Å². The normalized spacial score (nSPS) is 17.1. The highest BCUT2D eigenvalue weighted by molar-refractivity contribution is 7.10. The Bertz CT molecular complexity index is 1000. The van der Waals surface area contributed by atoms with Crippen LogP contribution < -0.4 is 5.32 Å². The summed E-state index contributed by atoms with van der Waals surface area (Å²) >= 11 is 1.63. The highest BCUT2D eigenvalue weighted by Crippen LogP contribution is 2.30. The van der Waals surface area contributed by atoms with Crippen LogP contribution in [-0.4, -0.2) is 47.9 Å². The summed E-state index contributed by atoms with van der Waals surface area (Å²) in [6.07, 6.45) is 0. The summed E-state index contributed by atoms with van der Waals surface area (Å²) in [7, 11) is 0. The molecule has 2 atom stereocenters. The molecule has 0 spiro atoms. The van der Waals surface area contributed by atoms with Gasteiger partial charge in [0, 0.05) is 43.6 Å². The molecule has 1 aromatic heterocycles. The number of nitrogens with one attached hydrogen (secondary N) is 1. The molecule has 1 aliphatic heterocycles. The number of thiophene rings is 1. The predicted octanol–water partition coefficient (Wildman–Crippen LogP) is 4.70. The van der Waals surface area contributed by atoms with Crippen molar-refractivity contribution in [3.8, 4) is 0 Å². The third-order valence-electron chi connectivity index (χ3n) is 5.91. The summed E-state index contributed by atoms with van der Waals surface area (Å²) in [6, 6.07) is 17.5. The van der Waals surface area contributed by atoms with E-state index in [1.54, 1.807) is 11.3 Å². The first kappa shape index (κ1) is 22.6. The van der Waals surface area contributed by atoms with E-state index in [1.165, 1.54) is 11.6 Å². The third-order valence-corrected chi connectivity index (χ3v) is 6.85. The first-order valence-electron chi connectivity index (χ1n) is 10.8. The Morgan fingerprint density at radius 1 is 0.969 bits per heavy atom. The largest absolute Gasteiger partial charge is 0.347 e. The van der Waals surface area contributed by atoms with Gasteiger partial charge in [-0.25, -0.2) is 8.78 Å². The van der Waals surface area contributed by atoms with Crippen LogP contribution in [0.15, 0.2) is 66.0 Å². The lowest BCUT2D eigenvalue weighted by molar-refractivity contribution is 0.0711. The number of hydrogen-bond donors (Lipinski definition) is 1. The van der Waals surface area contributed by atoms with Gasteiger partial charge in [-0.05, 0) is 36.1 Å². The zero-order valence-corrected chi connectivity index (χ0v) is 18.8. The molecular formula is C25H27F2N3OS. The molecule has 0 aliphatic carbocycles. The Kier molecular flexibility index (Phi) is 7.29. The van der Waals surface area contributed by atoms with Crippen molar-refractivity contribution in [1.29, 1.82) is 0 Å². The number of hydrogen-bond acceptors (Lipinski definition) is 4. The molecule has 3 aromatic rings. The second-order valence-corrected chi connectivity index (χ2v) is 9.10. The highest BCUT2D eigenvalue weighted by Gasteiger charge is 2.31. The van der Waals surface area contributed by atoms with Crippen molar-refractivity contribution in [3.63, 3.8) is 0 Å². The first-order chi connectivity index (χ1) is 15.5. The summed E-state index contributed by atoms with van der Waals surface area (Å²) in [4.78, 5) is 18.6. The van der Waals surface area contributed by atoms with Crippen LogP contribution in [0.1, 0.15) is 33.8 Å². The van der Waals surface area contributed by atoms with Gasteiger partial charge >= 0.3 is 0 Å². The van der Waals surface area contributed by atoms with Crippen molar-refractivity contribution in [2.45, 2.75) is 25.6 Å². The Morgan fingerprint density at radius 3 is 2.28 bits per heavy atom. The van der Waals surface area contributed by atoms with E-state index in [4.69, 9.17) is 0 Å². The number of piperazine rings is 1. The van der Waals surface area contributed by atoms with Crippen LogP contribution >= 0.6 is 11.3 Å². The number of amides is 1. The smallest absolute Gasteiger partial charge is 0.257 e. The number of rotatable bonds is 7. The quantitative estimate of drug-likeness (QED) is 0.561. The molecule has 2 aromatic carbocycles. The van der Waals surface area contributed by atoms with E-state index in [1.807, 2.05) is 24.4 Å². The second-order valence-electron chi connectivity index (χ2n) is 8.12. The maximum atomic E-state index is 14.1. The Hall–Kier alpha value is -2.61. The van der Waals surface area contributed by atoms with Gasteiger partial charge in [0.25, 0.3) is 5.91 Å². The lowest BCUT2D eigenvalue weighted by Crippen LogP contribution is -2.52. The van der Waals surface area contributed by atoms with Crippen molar-refractivity contribution in [2.75, 3.05) is 26.2 Å². The van der Waals surface area contributed by atoms with Gasteiger partial charge in [-0.1, -0.05) is 42.5 Å². The Balaban J connectivity index is 1.44. The molecule has 1 amide bonds. The fourth-order valence-corrected chi connectivity index (χ4v) is 5.28. The maximum absolute atomic E-state index is 14.1. The summed E-state index contributed by atoms with van der Waals surface area (Å²) in [5, 5.41) is 4.86. The minimum Gasteiger partial charge on any atom is -0.347 e. The third kappa shape index (κ3) is 5.23. The van der Waals surface area contributed by atoms with Crippen LogP contribution in [0.25, 0.3) is 0 Å². The molecule has 1 fully saturated rings. The van der Waals surface area contributed by atoms with E-state index >= 15 is 0 Å². The van der Waals surface area contributed by atoms with Crippen LogP contribution in [0, 0.1) is 11.6 Å². The molecule has 32 heavy (non-hydrogen) atoms. The average Bonchev–Trinajstić information content (AvgIpc) is 3.30. The molecule has 4 rings (SSSR count). The van der Waals surface area contributed by atoms with E-state index in [9.17, 15) is 13.6 Å². The summed E-state index contributed by atoms with van der Waals surface area (Å²) in [5.74, 6) is -2.42. The number of carbonyl (C=O) groups is 1. The average molecular weight is 456 g/mol. The molecule has 0 saturated carbocycles. The molecule has 1 saturated heterocycles. The number of nitrogens with zero attached hydrogens (tertiary/aromatic N) is 2. The molecule has 2 heterocycles. The van der Waals surface area contributed by atoms with Crippen LogP contribution in [0.2, 0.25) is 0 Å². The van der Waals surface area contributed by atoms with Crippen LogP contribution in [0.4, 0.5) is 8.78 Å². The van der Waals surface area contributed by atoms with Crippen molar-refractivity contribution in [2.24, 2.45) is 0 Å². The minimum absolute atomic E-state index is 0.0624. The van der Waals surface area contributed by atoms with E-state index in [0.29, 0.717) is 0 Å². The minimum atomic E-state index is -0.850. The SMILES string of the molecule is C[C@H](NC(=O)c1c(F)cccc1F)[C@@H](c1cccs1)N1CCN(Cc2ccccc2)CC1. The van der Waals surface area contributed by atoms with Gasteiger partial charge in [0.2, 0.25) is 0 Å². The molecule has 0 unspecified atom stereocenters. The van der Waals surface area contributed by atoms with Crippen molar-refractivity contribution in [1.82, 2.24) is 15.1 Å². The fourth-order valence-electron chi connectivity index (χ4n) is 4.32. The van der Waals surface area contributed by atoms with Gasteiger partial charge in [0.05, 0.1) is 6.04 Å². The van der Waals surface area contributed by atoms with E-state index in [-0.39, 0.29) is 12.1 Å². The fraction of sp³-hybridized carbons (Fsp3) is 0.320. The summed E-state index contributed by atoms with van der Waals surface area (Å²) in [6.45, 7) is 6.35. The van der Waals surface area contributed by atoms with E-state index in [2.05, 4.69) is 45.4 Å². The van der Waals surface area contributed by atoms with E-state index < -0.39 is 23.1 Å². The standard InChI is InChI=1S/C25H27F2N3OS/c1-18(28-25(31)23-20(26)9-5-10-21(23)27)24(22-11-6-16-32-22)30-14-12-29(13-15-30)17-19-7-3-2-4-8-19/h2-11,16,18,24H,12-15,17H2,1H3,(H,28,31)/t18-,24-/m0/s1. The summed E-state index contributed by atoms with van der Waals surface area (Å²) in [5.41, 5.74) is 0.764. The first-order valence-corrected chi connectivity index (χ1v) is 11.7. The van der Waals surface area contributed by atoms with Crippen LogP contribution in [-0.2, 0) is 6.54 Å². The second kappa shape index (κ2) is 10.3. The number of carbonyl (C=O) groups excluding carboxylic acids is 1. The van der Waals surface area contributed by atoms with Crippen molar-refractivity contribution >= 4 is 17.2 Å². The van der Waals surface area contributed by atoms with Gasteiger partial charge in [-0.15, -0.1) is 11.3 Å². The van der Waals surface area contributed by atoms with Gasteiger partial charge in [0.1, 0.15) is 17.2 Å². The zero-order valence-electron chi connectivity index (χ0n) is 18.0. The molecule has 7 heteroatoms. The molecule has 168 valence electrons. The predicted molar refractivity (Wildman–Crippen MR) is 124 cm³/mol. The lowest BCUT2D eigenvalue weighted by atomic mass is 10.0. The molecule has 1 aliphatic rings. The maximum Gasteiger partial charge on any atom is 0.257 e. The summed E-state index contributed by atoms with van der Waals surface area (Å²) < 4.78 is 28.2. The topological polar surface area (TPSA) is 35.6 Å². The van der Waals surface area contributed by atoms with Gasteiger partial charge in [0.15, 0.2) is 0 Å². The molecule has 1 N–H and O–H groups in total. The zero-order chi connectivity index (χ0) is 22.5. The van der Waals surface area contributed by atoms with Crippen LogP contribution in [0.3, 0.4) is 0 Å².